The molecule has 3 nitrogen and oxygen atoms in total. The highest BCUT2D eigenvalue weighted by atomic mass is 19.2. The zero-order chi connectivity index (χ0) is 13.9. The van der Waals surface area contributed by atoms with Crippen molar-refractivity contribution < 1.29 is 18.0 Å². The van der Waals surface area contributed by atoms with Gasteiger partial charge in [-0.2, -0.15) is 0 Å². The molecule has 0 spiro atoms. The Morgan fingerprint density at radius 2 is 1.78 bits per heavy atom. The predicted octanol–water partition coefficient (Wildman–Crippen LogP) is 2.42. The van der Waals surface area contributed by atoms with E-state index in [-0.39, 0.29) is 5.92 Å². The predicted molar refractivity (Wildman–Crippen MR) is 62.4 cm³/mol. The zero-order valence-electron chi connectivity index (χ0n) is 10.1. The van der Waals surface area contributed by atoms with Crippen molar-refractivity contribution in [3.05, 3.63) is 29.6 Å². The maximum absolute atomic E-state index is 13.3. The number of hydrogen-bond acceptors (Lipinski definition) is 2. The second-order valence-electron chi connectivity index (χ2n) is 4.47. The maximum Gasteiger partial charge on any atom is 0.241 e. The van der Waals surface area contributed by atoms with Crippen molar-refractivity contribution in [2.45, 2.75) is 26.3 Å². The molecule has 1 aromatic rings. The van der Waals surface area contributed by atoms with Gasteiger partial charge in [0.1, 0.15) is 5.82 Å². The lowest BCUT2D eigenvalue weighted by Gasteiger charge is -2.14. The van der Waals surface area contributed by atoms with Crippen LogP contribution in [0.15, 0.2) is 12.1 Å². The Labute approximate surface area is 103 Å². The molecule has 0 bridgehead atoms. The number of rotatable bonds is 4. The first-order valence-electron chi connectivity index (χ1n) is 5.52. The summed E-state index contributed by atoms with van der Waals surface area (Å²) in [4.78, 5) is 11.6. The number of nitrogens with two attached hydrogens (primary N) is 1. The van der Waals surface area contributed by atoms with Gasteiger partial charge in [-0.3, -0.25) is 4.79 Å². The van der Waals surface area contributed by atoms with Crippen LogP contribution in [0.25, 0.3) is 0 Å². The molecule has 0 saturated carbocycles. The lowest BCUT2D eigenvalue weighted by atomic mass is 10.0. The van der Waals surface area contributed by atoms with Crippen molar-refractivity contribution in [1.82, 2.24) is 0 Å². The molecule has 6 heteroatoms. The van der Waals surface area contributed by atoms with Crippen LogP contribution in [0.2, 0.25) is 0 Å². The molecular weight excluding hydrogens is 245 g/mol. The number of benzene rings is 1. The van der Waals surface area contributed by atoms with Crippen molar-refractivity contribution >= 4 is 11.6 Å². The fourth-order valence-electron chi connectivity index (χ4n) is 1.46. The highest BCUT2D eigenvalue weighted by molar-refractivity contribution is 5.94. The van der Waals surface area contributed by atoms with Gasteiger partial charge in [0, 0.05) is 12.1 Å². The highest BCUT2D eigenvalue weighted by Crippen LogP contribution is 2.18. The molecule has 0 fully saturated rings. The molecule has 0 aliphatic heterocycles. The molecule has 1 atom stereocenters. The molecule has 1 rings (SSSR count). The minimum atomic E-state index is -1.31. The van der Waals surface area contributed by atoms with E-state index in [2.05, 4.69) is 5.32 Å². The number of anilines is 1. The first-order chi connectivity index (χ1) is 8.31. The molecule has 0 aromatic heterocycles. The zero-order valence-corrected chi connectivity index (χ0v) is 10.1. The third-order valence-electron chi connectivity index (χ3n) is 2.33. The largest absolute Gasteiger partial charge is 0.322 e. The van der Waals surface area contributed by atoms with Crippen molar-refractivity contribution in [3.63, 3.8) is 0 Å². The summed E-state index contributed by atoms with van der Waals surface area (Å²) in [7, 11) is 0. The first-order valence-corrected chi connectivity index (χ1v) is 5.52. The second-order valence-corrected chi connectivity index (χ2v) is 4.47. The van der Waals surface area contributed by atoms with Gasteiger partial charge in [0.2, 0.25) is 5.91 Å². The van der Waals surface area contributed by atoms with Gasteiger partial charge in [-0.25, -0.2) is 13.2 Å². The topological polar surface area (TPSA) is 55.1 Å². The van der Waals surface area contributed by atoms with E-state index in [1.807, 2.05) is 13.8 Å². The van der Waals surface area contributed by atoms with Crippen LogP contribution in [0, 0.1) is 23.4 Å². The average Bonchev–Trinajstić information content (AvgIpc) is 2.24. The van der Waals surface area contributed by atoms with Gasteiger partial charge in [0.15, 0.2) is 11.6 Å². The van der Waals surface area contributed by atoms with E-state index < -0.39 is 35.1 Å². The van der Waals surface area contributed by atoms with Crippen LogP contribution < -0.4 is 11.1 Å². The lowest BCUT2D eigenvalue weighted by Crippen LogP contribution is -2.36. The van der Waals surface area contributed by atoms with Crippen LogP contribution >= 0.6 is 0 Å². The third kappa shape index (κ3) is 3.73. The molecule has 1 aromatic carbocycles. The monoisotopic (exact) mass is 260 g/mol. The third-order valence-corrected chi connectivity index (χ3v) is 2.33. The number of halogens is 3. The van der Waals surface area contributed by atoms with Gasteiger partial charge in [-0.15, -0.1) is 0 Å². The Kier molecular flexibility index (Phi) is 4.72. The summed E-state index contributed by atoms with van der Waals surface area (Å²) in [6.07, 6.45) is 0.414. The fourth-order valence-corrected chi connectivity index (χ4v) is 1.46. The first kappa shape index (κ1) is 14.5. The molecule has 0 heterocycles. The Balaban J connectivity index is 2.79. The van der Waals surface area contributed by atoms with Crippen molar-refractivity contribution in [2.24, 2.45) is 11.7 Å². The Morgan fingerprint density at radius 1 is 1.22 bits per heavy atom. The second kappa shape index (κ2) is 5.86. The fraction of sp³-hybridized carbons (Fsp3) is 0.417. The molecular formula is C12H15F3N2O. The lowest BCUT2D eigenvalue weighted by molar-refractivity contribution is -0.117. The van der Waals surface area contributed by atoms with Crippen molar-refractivity contribution in [2.75, 3.05) is 5.32 Å². The Bertz CT molecular complexity index is 449. The van der Waals surface area contributed by atoms with Crippen molar-refractivity contribution in [1.29, 1.82) is 0 Å². The summed E-state index contributed by atoms with van der Waals surface area (Å²) in [6, 6.07) is 0.140. The highest BCUT2D eigenvalue weighted by Gasteiger charge is 2.18. The van der Waals surface area contributed by atoms with Crippen LogP contribution in [0.4, 0.5) is 18.9 Å². The summed E-state index contributed by atoms with van der Waals surface area (Å²) >= 11 is 0. The summed E-state index contributed by atoms with van der Waals surface area (Å²) in [5.41, 5.74) is 5.16. The van der Waals surface area contributed by atoms with E-state index in [0.717, 1.165) is 0 Å². The van der Waals surface area contributed by atoms with E-state index in [4.69, 9.17) is 5.73 Å². The van der Waals surface area contributed by atoms with Gasteiger partial charge in [-0.05, 0) is 12.3 Å². The maximum atomic E-state index is 13.3. The normalized spacial score (nSPS) is 12.6. The van der Waals surface area contributed by atoms with Gasteiger partial charge in [-0.1, -0.05) is 13.8 Å². The summed E-state index contributed by atoms with van der Waals surface area (Å²) in [5.74, 6) is -4.02. The number of amides is 1. The van der Waals surface area contributed by atoms with Gasteiger partial charge in [0.25, 0.3) is 0 Å². The Hall–Kier alpha value is -1.56. The minimum Gasteiger partial charge on any atom is -0.322 e. The molecule has 0 aliphatic carbocycles. The summed E-state index contributed by atoms with van der Waals surface area (Å²) in [5, 5.41) is 2.14. The van der Waals surface area contributed by atoms with E-state index >= 15 is 0 Å². The number of nitrogens with one attached hydrogen (secondary N) is 1. The van der Waals surface area contributed by atoms with Crippen LogP contribution in [0.1, 0.15) is 20.3 Å². The molecule has 0 radical (unpaired) electrons. The quantitative estimate of drug-likeness (QED) is 0.817. The van der Waals surface area contributed by atoms with E-state index in [1.165, 1.54) is 0 Å². The Morgan fingerprint density at radius 3 is 2.33 bits per heavy atom. The molecule has 0 saturated heterocycles. The smallest absolute Gasteiger partial charge is 0.241 e. The van der Waals surface area contributed by atoms with Crippen LogP contribution in [0.3, 0.4) is 0 Å². The molecule has 0 aliphatic rings. The van der Waals surface area contributed by atoms with Gasteiger partial charge >= 0.3 is 0 Å². The molecule has 100 valence electrons. The SMILES string of the molecule is CC(C)CC(N)C(=O)Nc1cc(F)c(F)cc1F. The van der Waals surface area contributed by atoms with Crippen molar-refractivity contribution in [3.8, 4) is 0 Å². The van der Waals surface area contributed by atoms with E-state index in [0.29, 0.717) is 18.6 Å². The molecule has 3 N–H and O–H groups in total. The van der Waals surface area contributed by atoms with E-state index in [1.54, 1.807) is 0 Å². The summed E-state index contributed by atoms with van der Waals surface area (Å²) in [6.45, 7) is 3.76. The molecule has 18 heavy (non-hydrogen) atoms. The van der Waals surface area contributed by atoms with Crippen LogP contribution in [-0.2, 0) is 4.79 Å². The average molecular weight is 260 g/mol. The molecule has 1 unspecified atom stereocenters. The number of hydrogen-bond donors (Lipinski definition) is 2. The minimum absolute atomic E-state index is 0.195. The van der Waals surface area contributed by atoms with E-state index in [9.17, 15) is 18.0 Å². The van der Waals surface area contributed by atoms with Crippen LogP contribution in [0.5, 0.6) is 0 Å². The van der Waals surface area contributed by atoms with Crippen LogP contribution in [-0.4, -0.2) is 11.9 Å². The standard InChI is InChI=1S/C12H15F3N2O/c1-6(2)3-10(16)12(18)17-11-5-8(14)7(13)4-9(11)15/h4-6,10H,3,16H2,1-2H3,(H,17,18). The van der Waals surface area contributed by atoms with Gasteiger partial charge in [0.05, 0.1) is 11.7 Å². The molecule has 1 amide bonds. The summed E-state index contributed by atoms with van der Waals surface area (Å²) < 4.78 is 38.8. The van der Waals surface area contributed by atoms with Gasteiger partial charge < -0.3 is 11.1 Å². The number of carbonyl (C=O) groups is 1. The number of carbonyl (C=O) groups excluding carboxylic acids is 1.